The molecule has 0 radical (unpaired) electrons. The van der Waals surface area contributed by atoms with Crippen LogP contribution in [0.25, 0.3) is 0 Å². The summed E-state index contributed by atoms with van der Waals surface area (Å²) in [6.07, 6.45) is 7.19. The van der Waals surface area contributed by atoms with Gasteiger partial charge in [-0.25, -0.2) is 0 Å². The minimum absolute atomic E-state index is 0.114. The molecular weight excluding hydrogens is 428 g/mol. The van der Waals surface area contributed by atoms with E-state index in [9.17, 15) is 9.59 Å². The van der Waals surface area contributed by atoms with Crippen LogP contribution in [-0.2, 0) is 9.59 Å². The lowest BCUT2D eigenvalue weighted by atomic mass is 10.0. The van der Waals surface area contributed by atoms with Crippen LogP contribution in [0.3, 0.4) is 0 Å². The Morgan fingerprint density at radius 3 is 2.53 bits per heavy atom. The van der Waals surface area contributed by atoms with E-state index in [2.05, 4.69) is 11.6 Å². The van der Waals surface area contributed by atoms with Crippen LogP contribution >= 0.6 is 0 Å². The number of ether oxygens (including phenoxy) is 1. The molecule has 1 aliphatic rings. The highest BCUT2D eigenvalue weighted by Crippen LogP contribution is 2.35. The molecule has 1 atom stereocenters. The van der Waals surface area contributed by atoms with Crippen molar-refractivity contribution in [2.75, 3.05) is 29.9 Å². The molecule has 0 aliphatic carbocycles. The summed E-state index contributed by atoms with van der Waals surface area (Å²) in [4.78, 5) is 34.1. The summed E-state index contributed by atoms with van der Waals surface area (Å²) in [6, 6.07) is 19.1. The summed E-state index contributed by atoms with van der Waals surface area (Å²) in [5.74, 6) is 1.40. The first-order chi connectivity index (χ1) is 16.6. The number of benzene rings is 2. The first-order valence-corrected chi connectivity index (χ1v) is 11.3. The quantitative estimate of drug-likeness (QED) is 0.360. The first kappa shape index (κ1) is 23.0. The van der Waals surface area contributed by atoms with Crippen LogP contribution in [0.2, 0.25) is 0 Å². The number of anilines is 3. The van der Waals surface area contributed by atoms with Crippen molar-refractivity contribution in [1.82, 2.24) is 9.88 Å². The van der Waals surface area contributed by atoms with Crippen molar-refractivity contribution in [2.24, 2.45) is 0 Å². The highest BCUT2D eigenvalue weighted by molar-refractivity contribution is 5.88. The fourth-order valence-corrected chi connectivity index (χ4v) is 4.21. The molecule has 4 rings (SSSR count). The molecule has 174 valence electrons. The van der Waals surface area contributed by atoms with Crippen molar-refractivity contribution >= 4 is 29.4 Å². The molecule has 1 unspecified atom stereocenters. The van der Waals surface area contributed by atoms with Crippen LogP contribution in [0.5, 0.6) is 11.5 Å². The number of carbonyl (C=O) groups is 2. The molecule has 2 amide bonds. The van der Waals surface area contributed by atoms with Crippen molar-refractivity contribution in [1.29, 1.82) is 0 Å². The Bertz CT molecular complexity index is 1130. The molecular formula is C27H28N4O3. The summed E-state index contributed by atoms with van der Waals surface area (Å²) in [5.41, 5.74) is 2.47. The molecule has 1 aromatic heterocycles. The van der Waals surface area contributed by atoms with Crippen LogP contribution in [0.4, 0.5) is 17.1 Å². The number of rotatable bonds is 8. The molecule has 7 nitrogen and oxygen atoms in total. The van der Waals surface area contributed by atoms with Gasteiger partial charge in [0.15, 0.2) is 0 Å². The smallest absolute Gasteiger partial charge is 0.246 e. The summed E-state index contributed by atoms with van der Waals surface area (Å²) in [5, 5.41) is 0. The van der Waals surface area contributed by atoms with Gasteiger partial charge in [-0.3, -0.25) is 14.6 Å². The van der Waals surface area contributed by atoms with Gasteiger partial charge in [0.25, 0.3) is 0 Å². The number of piperidine rings is 1. The van der Waals surface area contributed by atoms with Gasteiger partial charge in [-0.2, -0.15) is 0 Å². The average molecular weight is 457 g/mol. The predicted molar refractivity (Wildman–Crippen MR) is 134 cm³/mol. The van der Waals surface area contributed by atoms with Gasteiger partial charge in [-0.15, -0.1) is 0 Å². The SMILES string of the molecule is C=CC(=O)N1CCCC(N(C=O)c2cnccc2N(C)c2ccc(Oc3ccccc3)cc2)C1. The van der Waals surface area contributed by atoms with Gasteiger partial charge in [0.05, 0.1) is 23.6 Å². The van der Waals surface area contributed by atoms with Gasteiger partial charge in [0.1, 0.15) is 11.5 Å². The zero-order chi connectivity index (χ0) is 23.9. The Morgan fingerprint density at radius 2 is 1.82 bits per heavy atom. The maximum atomic E-state index is 12.2. The van der Waals surface area contributed by atoms with Crippen LogP contribution in [0.15, 0.2) is 85.7 Å². The van der Waals surface area contributed by atoms with Gasteiger partial charge >= 0.3 is 0 Å². The van der Waals surface area contributed by atoms with E-state index < -0.39 is 0 Å². The van der Waals surface area contributed by atoms with Crippen LogP contribution in [0.1, 0.15) is 12.8 Å². The highest BCUT2D eigenvalue weighted by atomic mass is 16.5. The molecule has 0 bridgehead atoms. The number of pyridine rings is 1. The minimum Gasteiger partial charge on any atom is -0.457 e. The van der Waals surface area contributed by atoms with E-state index in [1.54, 1.807) is 22.2 Å². The minimum atomic E-state index is -0.131. The zero-order valence-electron chi connectivity index (χ0n) is 19.2. The molecule has 1 saturated heterocycles. The number of aromatic nitrogens is 1. The maximum Gasteiger partial charge on any atom is 0.246 e. The van der Waals surface area contributed by atoms with Crippen molar-refractivity contribution in [3.8, 4) is 11.5 Å². The Labute approximate surface area is 199 Å². The third kappa shape index (κ3) is 5.09. The van der Waals surface area contributed by atoms with E-state index in [1.165, 1.54) is 6.08 Å². The number of para-hydroxylation sites is 1. The largest absolute Gasteiger partial charge is 0.457 e. The number of hydrogen-bond acceptors (Lipinski definition) is 5. The topological polar surface area (TPSA) is 66.0 Å². The zero-order valence-corrected chi connectivity index (χ0v) is 19.2. The monoisotopic (exact) mass is 456 g/mol. The van der Waals surface area contributed by atoms with Crippen LogP contribution < -0.4 is 14.5 Å². The predicted octanol–water partition coefficient (Wildman–Crippen LogP) is 4.78. The van der Waals surface area contributed by atoms with Crippen molar-refractivity contribution < 1.29 is 14.3 Å². The fraction of sp³-hybridized carbons (Fsp3) is 0.222. The average Bonchev–Trinajstić information content (AvgIpc) is 2.90. The molecule has 2 aromatic carbocycles. The number of likely N-dealkylation sites (tertiary alicyclic amines) is 1. The van der Waals surface area contributed by atoms with E-state index in [0.29, 0.717) is 18.8 Å². The Kier molecular flexibility index (Phi) is 7.22. The molecule has 1 fully saturated rings. The second-order valence-corrected chi connectivity index (χ2v) is 8.13. The van der Waals surface area contributed by atoms with Gasteiger partial charge in [-0.05, 0) is 61.4 Å². The number of nitrogens with zero attached hydrogens (tertiary/aromatic N) is 4. The van der Waals surface area contributed by atoms with Crippen LogP contribution in [-0.4, -0.2) is 48.4 Å². The van der Waals surface area contributed by atoms with Gasteiger partial charge in [0.2, 0.25) is 12.3 Å². The Morgan fingerprint density at radius 1 is 1.09 bits per heavy atom. The van der Waals surface area contributed by atoms with Gasteiger partial charge in [0, 0.05) is 32.0 Å². The molecule has 0 saturated carbocycles. The Balaban J connectivity index is 1.55. The normalized spacial score (nSPS) is 15.3. The van der Waals surface area contributed by atoms with Gasteiger partial charge < -0.3 is 19.4 Å². The lowest BCUT2D eigenvalue weighted by molar-refractivity contribution is -0.127. The second-order valence-electron chi connectivity index (χ2n) is 8.13. The third-order valence-corrected chi connectivity index (χ3v) is 6.01. The van der Waals surface area contributed by atoms with E-state index >= 15 is 0 Å². The molecule has 1 aliphatic heterocycles. The first-order valence-electron chi connectivity index (χ1n) is 11.3. The van der Waals surface area contributed by atoms with Crippen LogP contribution in [0, 0.1) is 0 Å². The number of amides is 2. The van der Waals surface area contributed by atoms with E-state index in [-0.39, 0.29) is 11.9 Å². The fourth-order valence-electron chi connectivity index (χ4n) is 4.21. The lowest BCUT2D eigenvalue weighted by Crippen LogP contribution is -2.49. The standard InChI is InChI=1S/C27H28N4O3/c1-3-27(33)30-17-7-8-22(19-30)31(20-32)26-18-28-16-15-25(26)29(2)21-11-13-24(14-12-21)34-23-9-5-4-6-10-23/h3-6,9-16,18,20,22H,1,7-8,17,19H2,2H3. The van der Waals surface area contributed by atoms with E-state index in [1.807, 2.05) is 72.6 Å². The summed E-state index contributed by atoms with van der Waals surface area (Å²) < 4.78 is 5.89. The number of hydrogen-bond donors (Lipinski definition) is 0. The summed E-state index contributed by atoms with van der Waals surface area (Å²) in [6.45, 7) is 4.72. The van der Waals surface area contributed by atoms with Gasteiger partial charge in [-0.1, -0.05) is 24.8 Å². The molecule has 34 heavy (non-hydrogen) atoms. The van der Waals surface area contributed by atoms with E-state index in [4.69, 9.17) is 4.74 Å². The molecule has 0 spiro atoms. The molecule has 0 N–H and O–H groups in total. The maximum absolute atomic E-state index is 12.2. The second kappa shape index (κ2) is 10.7. The number of carbonyl (C=O) groups excluding carboxylic acids is 2. The van der Waals surface area contributed by atoms with E-state index in [0.717, 1.165) is 42.1 Å². The lowest BCUT2D eigenvalue weighted by Gasteiger charge is -2.38. The highest BCUT2D eigenvalue weighted by Gasteiger charge is 2.29. The van der Waals surface area contributed by atoms with Crippen molar-refractivity contribution in [2.45, 2.75) is 18.9 Å². The van der Waals surface area contributed by atoms with Crippen molar-refractivity contribution in [3.05, 3.63) is 85.7 Å². The molecule has 2 heterocycles. The molecule has 7 heteroatoms. The van der Waals surface area contributed by atoms with Crippen molar-refractivity contribution in [3.63, 3.8) is 0 Å². The summed E-state index contributed by atoms with van der Waals surface area (Å²) in [7, 11) is 1.95. The molecule has 3 aromatic rings. The Hall–Kier alpha value is -4.13. The summed E-state index contributed by atoms with van der Waals surface area (Å²) >= 11 is 0. The third-order valence-electron chi connectivity index (χ3n) is 6.01.